The maximum Gasteiger partial charge on any atom is 0.316 e. The molecule has 124 valence electrons. The number of benzene rings is 1. The van der Waals surface area contributed by atoms with E-state index in [9.17, 15) is 18.3 Å². The van der Waals surface area contributed by atoms with E-state index in [2.05, 4.69) is 10.3 Å². The summed E-state index contributed by atoms with van der Waals surface area (Å²) in [6.45, 7) is 1.83. The molecule has 2 N–H and O–H groups in total. The number of aliphatic hydroxyl groups is 1. The van der Waals surface area contributed by atoms with Crippen molar-refractivity contribution in [3.05, 3.63) is 46.6 Å². The van der Waals surface area contributed by atoms with Gasteiger partial charge in [-0.1, -0.05) is 12.1 Å². The van der Waals surface area contributed by atoms with Crippen LogP contribution in [-0.2, 0) is 14.8 Å². The fourth-order valence-electron chi connectivity index (χ4n) is 2.25. The fraction of sp³-hybridized carbons (Fsp3) is 0.143. The van der Waals surface area contributed by atoms with Crippen LogP contribution in [0.4, 0.5) is 5.13 Å². The van der Waals surface area contributed by atoms with Gasteiger partial charge in [-0.25, -0.2) is 13.4 Å². The maximum atomic E-state index is 12.5. The molecule has 7 nitrogen and oxygen atoms in total. The van der Waals surface area contributed by atoms with Crippen LogP contribution in [0.5, 0.6) is 0 Å². The lowest BCUT2D eigenvalue weighted by Gasteiger charge is -2.28. The van der Waals surface area contributed by atoms with Gasteiger partial charge in [-0.3, -0.25) is 14.4 Å². The monoisotopic (exact) mass is 377 g/mol. The smallest absolute Gasteiger partial charge is 0.316 e. The van der Waals surface area contributed by atoms with Gasteiger partial charge >= 0.3 is 23.1 Å². The first-order valence-corrected chi connectivity index (χ1v) is 8.83. The molecule has 0 radical (unpaired) electrons. The van der Waals surface area contributed by atoms with Crippen LogP contribution in [0.15, 0.2) is 41.1 Å². The summed E-state index contributed by atoms with van der Waals surface area (Å²) in [7, 11) is -2.67. The number of hydrogen-bond acceptors (Lipinski definition) is 6. The molecule has 2 aromatic rings. The summed E-state index contributed by atoms with van der Waals surface area (Å²) in [6, 6.07) is 5.99. The Morgan fingerprint density at radius 3 is 2.62 bits per heavy atom. The Kier molecular flexibility index (Phi) is 5.23. The second-order valence-corrected chi connectivity index (χ2v) is 8.07. The van der Waals surface area contributed by atoms with Crippen molar-refractivity contribution in [1.82, 2.24) is 9.29 Å². The minimum atomic E-state index is -3.90. The molecule has 0 unspecified atom stereocenters. The van der Waals surface area contributed by atoms with E-state index in [1.165, 1.54) is 30.5 Å². The molecule has 10 heteroatoms. The average Bonchev–Trinajstić information content (AvgIpc) is 2.91. The number of aliphatic hydroxyl groups excluding tert-OH is 1. The van der Waals surface area contributed by atoms with E-state index >= 15 is 0 Å². The molecule has 0 atom stereocenters. The number of aryl methyl sites for hydroxylation is 1. The summed E-state index contributed by atoms with van der Waals surface area (Å²) < 4.78 is 25.8. The number of nitrogens with zero attached hydrogens (tertiary/aromatic N) is 2. The highest BCUT2D eigenvalue weighted by atomic mass is 32.2. The molecular weight excluding hydrogens is 363 g/mol. The van der Waals surface area contributed by atoms with E-state index in [0.29, 0.717) is 5.13 Å². The van der Waals surface area contributed by atoms with Gasteiger partial charge < -0.3 is 5.11 Å². The van der Waals surface area contributed by atoms with Gasteiger partial charge in [0.05, 0.1) is 4.90 Å². The van der Waals surface area contributed by atoms with Crippen molar-refractivity contribution in [1.29, 1.82) is 0 Å². The van der Waals surface area contributed by atoms with Crippen molar-refractivity contribution in [2.75, 3.05) is 12.4 Å². The summed E-state index contributed by atoms with van der Waals surface area (Å²) in [5.74, 6) is -1.12. The number of carbonyl (C=O) groups excluding carboxylic acids is 1. The molecular formula is C14H15MgN3O4S2. The molecule has 0 fully saturated rings. The zero-order valence-electron chi connectivity index (χ0n) is 12.3. The van der Waals surface area contributed by atoms with Gasteiger partial charge in [-0.15, -0.1) is 11.3 Å². The van der Waals surface area contributed by atoms with Crippen LogP contribution in [0.1, 0.15) is 10.4 Å². The highest BCUT2D eigenvalue weighted by molar-refractivity contribution is 7.89. The molecule has 0 saturated carbocycles. The van der Waals surface area contributed by atoms with E-state index < -0.39 is 15.9 Å². The molecule has 0 spiro atoms. The van der Waals surface area contributed by atoms with Crippen molar-refractivity contribution in [3.63, 3.8) is 0 Å². The number of fused-ring (bicyclic) bond motifs is 1. The number of sulfonamides is 1. The van der Waals surface area contributed by atoms with Crippen LogP contribution in [0.3, 0.4) is 0 Å². The largest absolute Gasteiger partial charge is 0.505 e. The number of anilines is 1. The fourth-order valence-corrected chi connectivity index (χ4v) is 4.31. The Morgan fingerprint density at radius 1 is 1.33 bits per heavy atom. The molecule has 24 heavy (non-hydrogen) atoms. The lowest BCUT2D eigenvalue weighted by Crippen LogP contribution is -2.37. The van der Waals surface area contributed by atoms with Crippen molar-refractivity contribution >= 4 is 61.2 Å². The lowest BCUT2D eigenvalue weighted by atomic mass is 10.1. The van der Waals surface area contributed by atoms with Crippen molar-refractivity contribution in [3.8, 4) is 0 Å². The van der Waals surface area contributed by atoms with Gasteiger partial charge in [0.1, 0.15) is 0 Å². The first kappa shape index (κ1) is 18.7. The van der Waals surface area contributed by atoms with Crippen molar-refractivity contribution in [2.24, 2.45) is 0 Å². The topological polar surface area (TPSA) is 99.6 Å². The van der Waals surface area contributed by atoms with Crippen LogP contribution in [0.25, 0.3) is 5.76 Å². The zero-order chi connectivity index (χ0) is 16.8. The SMILES string of the molecule is Cc1cnc(NC(=O)C2=C(O)c3ccccc3S(=O)(=O)N2C)s1.[MgH2]. The molecule has 1 amide bonds. The Labute approximate surface area is 159 Å². The maximum absolute atomic E-state index is 12.5. The van der Waals surface area contributed by atoms with Crippen molar-refractivity contribution in [2.45, 2.75) is 11.8 Å². The average molecular weight is 378 g/mol. The molecule has 1 aromatic carbocycles. The zero-order valence-corrected chi connectivity index (χ0v) is 13.9. The lowest BCUT2D eigenvalue weighted by molar-refractivity contribution is -0.113. The number of aromatic nitrogens is 1. The number of carbonyl (C=O) groups is 1. The van der Waals surface area contributed by atoms with Crippen LogP contribution >= 0.6 is 11.3 Å². The predicted molar refractivity (Wildman–Crippen MR) is 95.0 cm³/mol. The second-order valence-electron chi connectivity index (χ2n) is 4.90. The third-order valence-electron chi connectivity index (χ3n) is 3.38. The summed E-state index contributed by atoms with van der Waals surface area (Å²) in [5, 5.41) is 13.2. The summed E-state index contributed by atoms with van der Waals surface area (Å²) in [5.41, 5.74) is -0.234. The Balaban J connectivity index is 0.00000208. The normalized spacial score (nSPS) is 15.5. The number of nitrogens with one attached hydrogen (secondary N) is 1. The van der Waals surface area contributed by atoms with E-state index in [1.807, 2.05) is 6.92 Å². The van der Waals surface area contributed by atoms with E-state index in [-0.39, 0.29) is 45.0 Å². The molecule has 1 aliphatic rings. The molecule has 3 rings (SSSR count). The third kappa shape index (κ3) is 3.01. The number of amides is 1. The number of hydrogen-bond donors (Lipinski definition) is 2. The molecule has 1 aliphatic heterocycles. The van der Waals surface area contributed by atoms with Crippen LogP contribution < -0.4 is 5.32 Å². The van der Waals surface area contributed by atoms with Gasteiger partial charge in [-0.05, 0) is 19.1 Å². The van der Waals surface area contributed by atoms with E-state index in [0.717, 1.165) is 9.18 Å². The van der Waals surface area contributed by atoms with Gasteiger partial charge in [0.2, 0.25) is 0 Å². The Hall–Kier alpha value is -1.62. The highest BCUT2D eigenvalue weighted by Gasteiger charge is 2.37. The summed E-state index contributed by atoms with van der Waals surface area (Å²) in [6.07, 6.45) is 1.59. The Bertz CT molecular complexity index is 937. The minimum absolute atomic E-state index is 0. The third-order valence-corrected chi connectivity index (χ3v) is 6.02. The predicted octanol–water partition coefficient (Wildman–Crippen LogP) is 1.03. The molecule has 0 aliphatic carbocycles. The number of likely N-dealkylation sites (N-methyl/N-ethyl adjacent to an activating group) is 1. The number of rotatable bonds is 2. The first-order valence-electron chi connectivity index (χ1n) is 6.57. The molecule has 0 saturated heterocycles. The van der Waals surface area contributed by atoms with Crippen LogP contribution in [-0.4, -0.2) is 58.8 Å². The molecule has 1 aromatic heterocycles. The van der Waals surface area contributed by atoms with Crippen LogP contribution in [0.2, 0.25) is 0 Å². The quantitative estimate of drug-likeness (QED) is 0.762. The van der Waals surface area contributed by atoms with Gasteiger partial charge in [0, 0.05) is 23.7 Å². The van der Waals surface area contributed by atoms with E-state index in [4.69, 9.17) is 0 Å². The summed E-state index contributed by atoms with van der Waals surface area (Å²) >= 11 is 1.25. The van der Waals surface area contributed by atoms with Gasteiger partial charge in [0.15, 0.2) is 16.6 Å². The Morgan fingerprint density at radius 2 is 2.00 bits per heavy atom. The molecule has 0 bridgehead atoms. The van der Waals surface area contributed by atoms with Crippen LogP contribution in [0, 0.1) is 6.92 Å². The first-order chi connectivity index (χ1) is 10.8. The van der Waals surface area contributed by atoms with E-state index in [1.54, 1.807) is 18.3 Å². The van der Waals surface area contributed by atoms with Gasteiger partial charge in [-0.2, -0.15) is 0 Å². The van der Waals surface area contributed by atoms with Crippen molar-refractivity contribution < 1.29 is 18.3 Å². The number of thiazole rings is 1. The van der Waals surface area contributed by atoms with Gasteiger partial charge in [0.25, 0.3) is 15.9 Å². The molecule has 2 heterocycles. The minimum Gasteiger partial charge on any atom is -0.505 e. The summed E-state index contributed by atoms with van der Waals surface area (Å²) in [4.78, 5) is 17.3. The highest BCUT2D eigenvalue weighted by Crippen LogP contribution is 2.34. The standard InChI is InChI=1S/C14H13N3O4S2.Mg.2H/c1-8-7-15-14(22-8)16-13(19)11-12(18)9-5-3-4-6-10(9)23(20,21)17(11)2;;;/h3-7,18H,1-2H3,(H,15,16,19);;;. The second kappa shape index (κ2) is 6.71.